The van der Waals surface area contributed by atoms with E-state index in [2.05, 4.69) is 15.4 Å². The van der Waals surface area contributed by atoms with E-state index < -0.39 is 57.3 Å². The van der Waals surface area contributed by atoms with E-state index in [0.29, 0.717) is 17.1 Å². The minimum absolute atomic E-state index is 0.225. The van der Waals surface area contributed by atoms with Crippen LogP contribution < -0.4 is 5.32 Å². The van der Waals surface area contributed by atoms with Crippen LogP contribution in [0.25, 0.3) is 11.0 Å². The van der Waals surface area contributed by atoms with Crippen molar-refractivity contribution >= 4 is 35.9 Å². The van der Waals surface area contributed by atoms with Crippen LogP contribution in [0.15, 0.2) is 12.3 Å². The molecule has 0 unspecified atom stereocenters. The zero-order valence-electron chi connectivity index (χ0n) is 20.0. The number of ether oxygens (including phenoxy) is 4. The molecule has 0 bridgehead atoms. The van der Waals surface area contributed by atoms with Gasteiger partial charge in [0.25, 0.3) is 0 Å². The third-order valence-corrected chi connectivity index (χ3v) is 8.26. The van der Waals surface area contributed by atoms with Gasteiger partial charge in [0.15, 0.2) is 11.9 Å². The maximum Gasteiger partial charge on any atom is 0.361 e. The largest absolute Gasteiger partial charge is 0.387 e. The summed E-state index contributed by atoms with van der Waals surface area (Å²) in [6.07, 6.45) is 0.836. The number of methoxy groups -OCH3 is 2. The molecule has 2 fully saturated rings. The van der Waals surface area contributed by atoms with Gasteiger partial charge in [-0.15, -0.1) is 0 Å². The van der Waals surface area contributed by atoms with E-state index in [9.17, 15) is 24.6 Å². The molecule has 5 N–H and O–H groups in total. The minimum atomic E-state index is -4.87. The van der Waals surface area contributed by atoms with Crippen molar-refractivity contribution in [1.82, 2.24) is 14.8 Å². The second-order valence-electron chi connectivity index (χ2n) is 9.16. The molecule has 0 aromatic carbocycles. The second-order valence-corrected chi connectivity index (χ2v) is 11.4. The van der Waals surface area contributed by atoms with Crippen molar-refractivity contribution in [3.05, 3.63) is 17.4 Å². The van der Waals surface area contributed by atoms with Crippen molar-refractivity contribution in [3.8, 4) is 0 Å². The fourth-order valence-corrected chi connectivity index (χ4v) is 5.74. The molecule has 0 amide bonds. The van der Waals surface area contributed by atoms with Gasteiger partial charge in [-0.1, -0.05) is 24.4 Å². The Hall–Kier alpha value is -1.38. The van der Waals surface area contributed by atoms with E-state index in [0.717, 1.165) is 31.4 Å². The third kappa shape index (κ3) is 5.41. The summed E-state index contributed by atoms with van der Waals surface area (Å²) in [7, 11) is -2.34. The normalized spacial score (nSPS) is 25.8. The zero-order chi connectivity index (χ0) is 26.1. The predicted octanol–water partition coefficient (Wildman–Crippen LogP) is 1.24. The second kappa shape index (κ2) is 11.2. The molecule has 1 aliphatic carbocycles. The van der Waals surface area contributed by atoms with Gasteiger partial charge in [0.05, 0.1) is 37.1 Å². The van der Waals surface area contributed by atoms with Crippen molar-refractivity contribution in [2.75, 3.05) is 39.4 Å². The van der Waals surface area contributed by atoms with E-state index in [1.54, 1.807) is 12.3 Å². The van der Waals surface area contributed by atoms with Crippen molar-refractivity contribution < 1.29 is 43.5 Å². The number of aliphatic hydroxyl groups excluding tert-OH is 2. The number of rotatable bonds is 11. The van der Waals surface area contributed by atoms with Crippen LogP contribution in [0.3, 0.4) is 0 Å². The summed E-state index contributed by atoms with van der Waals surface area (Å²) in [6, 6.07) is 2.04. The lowest BCUT2D eigenvalue weighted by Crippen LogP contribution is -2.45. The molecule has 4 rings (SSSR count). The molecule has 1 saturated heterocycles. The highest BCUT2D eigenvalue weighted by Crippen LogP contribution is 2.52. The standard InChI is InChI=1S/C21H32ClN4O9P/c1-32-10-21(11-33-2,36(29,30)31)34-9-15-17(27)18(28)20(35-15)26-19-13(8-23-26)14(7-16(22)25-19)24-12-5-3-4-6-12/h7-8,12,15,17-18,20,27-28H,3-6,9-11H2,1-2H3,(H,24,25)(H2,29,30,31)/t15-,17-,18-,20-/m1/s1. The molecule has 2 aromatic heterocycles. The first-order chi connectivity index (χ1) is 17.1. The minimum Gasteiger partial charge on any atom is -0.387 e. The Morgan fingerprint density at radius 2 is 1.89 bits per heavy atom. The van der Waals surface area contributed by atoms with E-state index in [1.807, 2.05) is 0 Å². The first-order valence-corrected chi connectivity index (χ1v) is 13.6. The highest BCUT2D eigenvalue weighted by molar-refractivity contribution is 7.53. The molecule has 202 valence electrons. The van der Waals surface area contributed by atoms with Crippen LogP contribution in [-0.2, 0) is 23.5 Å². The van der Waals surface area contributed by atoms with Gasteiger partial charge in [0.1, 0.15) is 23.5 Å². The number of aliphatic hydroxyl groups is 2. The molecule has 4 atom stereocenters. The van der Waals surface area contributed by atoms with Gasteiger partial charge >= 0.3 is 7.60 Å². The number of nitrogens with zero attached hydrogens (tertiary/aromatic N) is 3. The van der Waals surface area contributed by atoms with Crippen LogP contribution in [0.4, 0.5) is 5.69 Å². The predicted molar refractivity (Wildman–Crippen MR) is 129 cm³/mol. The summed E-state index contributed by atoms with van der Waals surface area (Å²) in [4.78, 5) is 24.1. The molecular formula is C21H32ClN4O9P. The summed E-state index contributed by atoms with van der Waals surface area (Å²) in [5.74, 6) is 0. The van der Waals surface area contributed by atoms with E-state index in [1.165, 1.54) is 18.9 Å². The van der Waals surface area contributed by atoms with Gasteiger partial charge in [-0.25, -0.2) is 9.67 Å². The van der Waals surface area contributed by atoms with Gasteiger partial charge in [-0.3, -0.25) is 4.57 Å². The number of pyridine rings is 1. The maximum absolute atomic E-state index is 12.2. The van der Waals surface area contributed by atoms with E-state index >= 15 is 0 Å². The van der Waals surface area contributed by atoms with Gasteiger partial charge in [0.2, 0.25) is 5.34 Å². The zero-order valence-corrected chi connectivity index (χ0v) is 21.6. The number of hydrogen-bond acceptors (Lipinski definition) is 10. The lowest BCUT2D eigenvalue weighted by molar-refractivity contribution is -0.129. The fourth-order valence-electron chi connectivity index (χ4n) is 4.72. The lowest BCUT2D eigenvalue weighted by Gasteiger charge is -2.33. The van der Waals surface area contributed by atoms with Crippen molar-refractivity contribution in [2.24, 2.45) is 0 Å². The summed E-state index contributed by atoms with van der Waals surface area (Å²) in [5, 5.41) is 28.0. The molecular weight excluding hydrogens is 519 g/mol. The Balaban J connectivity index is 1.56. The van der Waals surface area contributed by atoms with Crippen molar-refractivity contribution in [1.29, 1.82) is 0 Å². The monoisotopic (exact) mass is 550 g/mol. The Labute approximate surface area is 212 Å². The molecule has 15 heteroatoms. The van der Waals surface area contributed by atoms with Gasteiger partial charge in [0, 0.05) is 20.3 Å². The van der Waals surface area contributed by atoms with Gasteiger partial charge in [-0.2, -0.15) is 5.10 Å². The SMILES string of the molecule is COCC(COC)(OC[C@H]1O[C@@H](n2ncc3c(NC4CCCC4)cc(Cl)nc32)[C@H](O)[C@@H]1O)P(=O)(O)O. The quantitative estimate of drug-likeness (QED) is 0.200. The Kier molecular flexibility index (Phi) is 8.57. The highest BCUT2D eigenvalue weighted by atomic mass is 35.5. The van der Waals surface area contributed by atoms with E-state index in [4.69, 9.17) is 30.5 Å². The highest BCUT2D eigenvalue weighted by Gasteiger charge is 2.52. The average Bonchev–Trinajstić information content (AvgIpc) is 3.53. The average molecular weight is 551 g/mol. The van der Waals surface area contributed by atoms with Crippen LogP contribution in [0.5, 0.6) is 0 Å². The van der Waals surface area contributed by atoms with Gasteiger partial charge in [-0.05, 0) is 18.9 Å². The number of fused-ring (bicyclic) bond motifs is 1. The summed E-state index contributed by atoms with van der Waals surface area (Å²) >= 11 is 6.28. The molecule has 0 spiro atoms. The Morgan fingerprint density at radius 3 is 2.50 bits per heavy atom. The fraction of sp³-hybridized carbons (Fsp3) is 0.714. The number of halogens is 1. The molecule has 1 saturated carbocycles. The van der Waals surface area contributed by atoms with Crippen LogP contribution in [0.1, 0.15) is 31.9 Å². The Morgan fingerprint density at radius 1 is 1.22 bits per heavy atom. The molecule has 13 nitrogen and oxygen atoms in total. The van der Waals surface area contributed by atoms with Crippen LogP contribution in [-0.4, -0.2) is 98.5 Å². The van der Waals surface area contributed by atoms with Crippen molar-refractivity contribution in [2.45, 2.75) is 61.6 Å². The van der Waals surface area contributed by atoms with E-state index in [-0.39, 0.29) is 5.15 Å². The van der Waals surface area contributed by atoms with Crippen LogP contribution in [0, 0.1) is 0 Å². The molecule has 36 heavy (non-hydrogen) atoms. The summed E-state index contributed by atoms with van der Waals surface area (Å²) < 4.78 is 34.8. The van der Waals surface area contributed by atoms with Crippen LogP contribution >= 0.6 is 19.2 Å². The third-order valence-electron chi connectivity index (χ3n) is 6.62. The number of aromatic nitrogens is 3. The Bertz CT molecular complexity index is 1090. The van der Waals surface area contributed by atoms with Crippen molar-refractivity contribution in [3.63, 3.8) is 0 Å². The lowest BCUT2D eigenvalue weighted by atomic mass is 10.1. The maximum atomic E-state index is 12.2. The molecule has 1 aliphatic heterocycles. The smallest absolute Gasteiger partial charge is 0.361 e. The molecule has 2 aromatic rings. The van der Waals surface area contributed by atoms with Crippen LogP contribution in [0.2, 0.25) is 5.15 Å². The molecule has 2 aliphatic rings. The number of nitrogens with one attached hydrogen (secondary N) is 1. The number of anilines is 1. The first-order valence-electron chi connectivity index (χ1n) is 11.6. The number of hydrogen-bond donors (Lipinski definition) is 5. The summed E-state index contributed by atoms with van der Waals surface area (Å²) in [6.45, 7) is -1.40. The topological polar surface area (TPSA) is 178 Å². The molecule has 0 radical (unpaired) electrons. The first kappa shape index (κ1) is 27.6. The van der Waals surface area contributed by atoms with Gasteiger partial charge < -0.3 is 44.3 Å². The summed E-state index contributed by atoms with van der Waals surface area (Å²) in [5.41, 5.74) is 1.12. The molecule has 3 heterocycles.